The predicted molar refractivity (Wildman–Crippen MR) is 123 cm³/mol. The normalized spacial score (nSPS) is 13.3. The molecule has 0 aliphatic rings. The van der Waals surface area contributed by atoms with Crippen LogP contribution in [0.3, 0.4) is 0 Å². The molecule has 0 bridgehead atoms. The first-order valence-electron chi connectivity index (χ1n) is 10.5. The molecular weight excluding hydrogens is 424 g/mol. The lowest BCUT2D eigenvalue weighted by molar-refractivity contribution is -0.156. The van der Waals surface area contributed by atoms with Crippen molar-refractivity contribution in [3.05, 3.63) is 66.0 Å². The fourth-order valence-electron chi connectivity index (χ4n) is 3.18. The van der Waals surface area contributed by atoms with Gasteiger partial charge in [0.25, 0.3) is 5.91 Å². The van der Waals surface area contributed by atoms with Crippen LogP contribution in [0.5, 0.6) is 11.5 Å². The zero-order chi connectivity index (χ0) is 24.2. The summed E-state index contributed by atoms with van der Waals surface area (Å²) < 4.78 is 16.3. The summed E-state index contributed by atoms with van der Waals surface area (Å²) in [7, 11) is 1.32. The van der Waals surface area contributed by atoms with Crippen LogP contribution in [-0.2, 0) is 14.3 Å². The van der Waals surface area contributed by atoms with Crippen LogP contribution in [0.1, 0.15) is 50.0 Å². The second kappa shape index (κ2) is 9.97. The van der Waals surface area contributed by atoms with E-state index in [1.807, 2.05) is 30.3 Å². The highest BCUT2D eigenvalue weighted by Gasteiger charge is 2.27. The molecule has 1 aromatic heterocycles. The first-order valence-corrected chi connectivity index (χ1v) is 10.5. The second-order valence-corrected chi connectivity index (χ2v) is 8.50. The quantitative estimate of drug-likeness (QED) is 0.410. The molecule has 0 aliphatic carbocycles. The molecule has 0 radical (unpaired) electrons. The first kappa shape index (κ1) is 24.2. The lowest BCUT2D eigenvalue weighted by atomic mass is 10.0. The topological polar surface area (TPSA) is 107 Å². The standard InChI is InChI=1S/C25H28N2O6/c1-15(23(29)33-25(2,3)4)27-22(28)21-20(24(30)31-5)19-12-11-18(13-16(19)14-26-21)32-17-9-7-6-8-10-17/h6-15,24,30H,1-5H3,(H,27,28)/t15-,24?/m0/s1. The van der Waals surface area contributed by atoms with Gasteiger partial charge in [-0.25, -0.2) is 9.78 Å². The number of nitrogens with one attached hydrogen (secondary N) is 1. The van der Waals surface area contributed by atoms with Crippen LogP contribution in [0.25, 0.3) is 10.8 Å². The Morgan fingerprint density at radius 2 is 1.76 bits per heavy atom. The van der Waals surface area contributed by atoms with E-state index in [2.05, 4.69) is 10.3 Å². The van der Waals surface area contributed by atoms with E-state index in [1.165, 1.54) is 20.2 Å². The number of rotatable bonds is 7. The number of para-hydroxylation sites is 1. The van der Waals surface area contributed by atoms with Crippen molar-refractivity contribution in [3.8, 4) is 11.5 Å². The van der Waals surface area contributed by atoms with Gasteiger partial charge in [0.2, 0.25) is 0 Å². The van der Waals surface area contributed by atoms with Gasteiger partial charge in [0.15, 0.2) is 6.29 Å². The summed E-state index contributed by atoms with van der Waals surface area (Å²) in [6.07, 6.45) is 0.103. The van der Waals surface area contributed by atoms with E-state index in [0.717, 1.165) is 0 Å². The smallest absolute Gasteiger partial charge is 0.328 e. The largest absolute Gasteiger partial charge is 0.458 e. The number of hydrogen-bond acceptors (Lipinski definition) is 7. The van der Waals surface area contributed by atoms with Gasteiger partial charge in [-0.3, -0.25) is 4.79 Å². The molecule has 1 heterocycles. The maximum absolute atomic E-state index is 12.9. The third-order valence-corrected chi connectivity index (χ3v) is 4.67. The van der Waals surface area contributed by atoms with Gasteiger partial charge in [0.1, 0.15) is 28.8 Å². The van der Waals surface area contributed by atoms with Crippen LogP contribution in [0.4, 0.5) is 0 Å². The van der Waals surface area contributed by atoms with Gasteiger partial charge in [-0.2, -0.15) is 0 Å². The van der Waals surface area contributed by atoms with Gasteiger partial charge in [-0.05, 0) is 57.3 Å². The van der Waals surface area contributed by atoms with Crippen LogP contribution in [0.15, 0.2) is 54.7 Å². The Labute approximate surface area is 192 Å². The number of aliphatic hydroxyl groups is 1. The molecule has 0 saturated heterocycles. The Bertz CT molecular complexity index is 1140. The summed E-state index contributed by atoms with van der Waals surface area (Å²) in [5.41, 5.74) is -0.548. The molecule has 0 fully saturated rings. The van der Waals surface area contributed by atoms with Gasteiger partial charge in [0, 0.05) is 24.3 Å². The van der Waals surface area contributed by atoms with Crippen molar-refractivity contribution < 1.29 is 28.9 Å². The van der Waals surface area contributed by atoms with Crippen molar-refractivity contribution in [1.82, 2.24) is 10.3 Å². The van der Waals surface area contributed by atoms with E-state index in [4.69, 9.17) is 14.2 Å². The SMILES string of the molecule is COC(O)c1c(C(=O)N[C@@H](C)C(=O)OC(C)(C)C)ncc2cc(Oc3ccccc3)ccc12. The van der Waals surface area contributed by atoms with Crippen molar-refractivity contribution in [3.63, 3.8) is 0 Å². The molecule has 0 saturated carbocycles. The van der Waals surface area contributed by atoms with E-state index in [9.17, 15) is 14.7 Å². The lowest BCUT2D eigenvalue weighted by Crippen LogP contribution is -2.42. The minimum absolute atomic E-state index is 0.0519. The van der Waals surface area contributed by atoms with E-state index in [-0.39, 0.29) is 11.3 Å². The first-order chi connectivity index (χ1) is 15.6. The molecule has 33 heavy (non-hydrogen) atoms. The summed E-state index contributed by atoms with van der Waals surface area (Å²) >= 11 is 0. The zero-order valence-electron chi connectivity index (χ0n) is 19.3. The monoisotopic (exact) mass is 452 g/mol. The van der Waals surface area contributed by atoms with Crippen LogP contribution >= 0.6 is 0 Å². The van der Waals surface area contributed by atoms with Gasteiger partial charge < -0.3 is 24.6 Å². The third kappa shape index (κ3) is 6.06. The average molecular weight is 453 g/mol. The van der Waals surface area contributed by atoms with E-state index in [0.29, 0.717) is 22.3 Å². The van der Waals surface area contributed by atoms with Crippen LogP contribution in [0, 0.1) is 0 Å². The van der Waals surface area contributed by atoms with Crippen molar-refractivity contribution in [2.24, 2.45) is 0 Å². The van der Waals surface area contributed by atoms with Crippen molar-refractivity contribution >= 4 is 22.6 Å². The molecule has 8 nitrogen and oxygen atoms in total. The van der Waals surface area contributed by atoms with Gasteiger partial charge in [0.05, 0.1) is 0 Å². The Morgan fingerprint density at radius 1 is 1.06 bits per heavy atom. The van der Waals surface area contributed by atoms with Crippen molar-refractivity contribution in [2.45, 2.75) is 45.6 Å². The second-order valence-electron chi connectivity index (χ2n) is 8.50. The Balaban J connectivity index is 1.92. The molecule has 2 atom stereocenters. The van der Waals surface area contributed by atoms with E-state index >= 15 is 0 Å². The van der Waals surface area contributed by atoms with E-state index < -0.39 is 29.8 Å². The number of fused-ring (bicyclic) bond motifs is 1. The number of aliphatic hydroxyl groups excluding tert-OH is 1. The minimum atomic E-state index is -1.40. The number of ether oxygens (including phenoxy) is 3. The molecule has 3 aromatic rings. The van der Waals surface area contributed by atoms with Crippen molar-refractivity contribution in [2.75, 3.05) is 7.11 Å². The Kier molecular flexibility index (Phi) is 7.30. The highest BCUT2D eigenvalue weighted by atomic mass is 16.6. The molecule has 0 aliphatic heterocycles. The van der Waals surface area contributed by atoms with Crippen LogP contribution in [0.2, 0.25) is 0 Å². The molecule has 2 aromatic carbocycles. The predicted octanol–water partition coefficient (Wildman–Crippen LogP) is 4.12. The number of esters is 1. The Morgan fingerprint density at radius 3 is 2.39 bits per heavy atom. The number of methoxy groups -OCH3 is 1. The summed E-state index contributed by atoms with van der Waals surface area (Å²) in [6.45, 7) is 6.75. The number of carbonyl (C=O) groups excluding carboxylic acids is 2. The number of carbonyl (C=O) groups is 2. The van der Waals surface area contributed by atoms with Crippen molar-refractivity contribution in [1.29, 1.82) is 0 Å². The molecular formula is C25H28N2O6. The molecule has 3 rings (SSSR count). The van der Waals surface area contributed by atoms with E-state index in [1.54, 1.807) is 39.0 Å². The van der Waals surface area contributed by atoms with Gasteiger partial charge in [-0.1, -0.05) is 24.3 Å². The zero-order valence-corrected chi connectivity index (χ0v) is 19.3. The summed E-state index contributed by atoms with van der Waals surface area (Å²) in [5, 5.41) is 14.3. The molecule has 8 heteroatoms. The Hall–Kier alpha value is -3.49. The number of aromatic nitrogens is 1. The van der Waals surface area contributed by atoms with Crippen LogP contribution < -0.4 is 10.1 Å². The summed E-state index contributed by atoms with van der Waals surface area (Å²) in [4.78, 5) is 29.5. The van der Waals surface area contributed by atoms with Gasteiger partial charge in [-0.15, -0.1) is 0 Å². The molecule has 1 unspecified atom stereocenters. The number of pyridine rings is 1. The highest BCUT2D eigenvalue weighted by Crippen LogP contribution is 2.31. The molecule has 1 amide bonds. The fourth-order valence-corrected chi connectivity index (χ4v) is 3.18. The number of hydrogen-bond donors (Lipinski definition) is 2. The number of amides is 1. The highest BCUT2D eigenvalue weighted by molar-refractivity contribution is 6.01. The van der Waals surface area contributed by atoms with Gasteiger partial charge >= 0.3 is 5.97 Å². The minimum Gasteiger partial charge on any atom is -0.458 e. The lowest BCUT2D eigenvalue weighted by Gasteiger charge is -2.23. The summed E-state index contributed by atoms with van der Waals surface area (Å²) in [6, 6.07) is 13.6. The molecule has 2 N–H and O–H groups in total. The maximum Gasteiger partial charge on any atom is 0.328 e. The number of nitrogens with zero attached hydrogens (tertiary/aromatic N) is 1. The third-order valence-electron chi connectivity index (χ3n) is 4.67. The molecule has 174 valence electrons. The van der Waals surface area contributed by atoms with Crippen LogP contribution in [-0.4, -0.2) is 40.7 Å². The fraction of sp³-hybridized carbons (Fsp3) is 0.320. The summed E-state index contributed by atoms with van der Waals surface area (Å²) in [5.74, 6) is 0.0392. The average Bonchev–Trinajstić information content (AvgIpc) is 2.77. The maximum atomic E-state index is 12.9. The molecule has 0 spiro atoms. The number of benzene rings is 2.